The van der Waals surface area contributed by atoms with E-state index in [2.05, 4.69) is 13.8 Å². The topological polar surface area (TPSA) is 26.3 Å². The molecule has 2 heteroatoms. The Morgan fingerprint density at radius 2 is 1.91 bits per heavy atom. The van der Waals surface area contributed by atoms with E-state index >= 15 is 0 Å². The van der Waals surface area contributed by atoms with Gasteiger partial charge in [0.05, 0.1) is 0 Å². The van der Waals surface area contributed by atoms with E-state index in [9.17, 15) is 5.21 Å². The summed E-state index contributed by atoms with van der Waals surface area (Å²) < 4.78 is 0. The second kappa shape index (κ2) is 4.73. The van der Waals surface area contributed by atoms with Crippen molar-refractivity contribution in [3.05, 3.63) is 5.21 Å². The average Bonchev–Trinajstić information content (AvgIpc) is 2.00. The third-order valence-corrected chi connectivity index (χ3v) is 2.59. The van der Waals surface area contributed by atoms with Crippen LogP contribution in [-0.4, -0.2) is 17.6 Å². The van der Waals surface area contributed by atoms with E-state index in [0.717, 1.165) is 24.3 Å². The molecule has 0 N–H and O–H groups in total. The Kier molecular flexibility index (Phi) is 4.69. The van der Waals surface area contributed by atoms with Crippen molar-refractivity contribution in [1.82, 2.24) is 5.06 Å². The van der Waals surface area contributed by atoms with Gasteiger partial charge in [-0.2, -0.15) is 0 Å². The van der Waals surface area contributed by atoms with Gasteiger partial charge in [0.1, 0.15) is 0 Å². The van der Waals surface area contributed by atoms with Crippen molar-refractivity contribution in [2.45, 2.75) is 52.0 Å². The van der Waals surface area contributed by atoms with Crippen LogP contribution < -0.4 is 0 Å². The molecule has 0 aliphatic heterocycles. The molecule has 0 aromatic carbocycles. The second-order valence-corrected chi connectivity index (χ2v) is 3.45. The Morgan fingerprint density at radius 1 is 1.36 bits per heavy atom. The smallest absolute Gasteiger partial charge is 0.00570 e. The van der Waals surface area contributed by atoms with Gasteiger partial charge >= 0.3 is 0 Å². The molecule has 0 aliphatic rings. The van der Waals surface area contributed by atoms with Gasteiger partial charge < -0.3 is 10.3 Å². The minimum absolute atomic E-state index is 0.129. The summed E-state index contributed by atoms with van der Waals surface area (Å²) in [4.78, 5) is 0. The van der Waals surface area contributed by atoms with Crippen LogP contribution in [0, 0.1) is 5.21 Å². The standard InChI is InChI=1S/C9H20NO/c1-5-7-8-9(3,6-2)10(4)11/h5-8H2,1-4H3/q-1. The third kappa shape index (κ3) is 3.21. The molecule has 0 fully saturated rings. The maximum Gasteiger partial charge on any atom is 0.00570 e. The molecule has 0 aromatic heterocycles. The fourth-order valence-corrected chi connectivity index (χ4v) is 1.11. The molecule has 11 heavy (non-hydrogen) atoms. The van der Waals surface area contributed by atoms with E-state index in [0.29, 0.717) is 0 Å². The van der Waals surface area contributed by atoms with Crippen molar-refractivity contribution in [2.24, 2.45) is 0 Å². The van der Waals surface area contributed by atoms with Gasteiger partial charge in [-0.15, -0.1) is 0 Å². The first kappa shape index (κ1) is 10.9. The quantitative estimate of drug-likeness (QED) is 0.575. The largest absolute Gasteiger partial charge is 0.785 e. The number of hydrogen-bond donors (Lipinski definition) is 0. The molecule has 0 amide bonds. The van der Waals surface area contributed by atoms with Gasteiger partial charge in [-0.1, -0.05) is 26.7 Å². The van der Waals surface area contributed by atoms with E-state index < -0.39 is 0 Å². The number of hydrogen-bond acceptors (Lipinski definition) is 2. The van der Waals surface area contributed by atoms with E-state index in [1.54, 1.807) is 7.05 Å². The fourth-order valence-electron chi connectivity index (χ4n) is 1.11. The molecule has 0 saturated carbocycles. The van der Waals surface area contributed by atoms with Gasteiger partial charge in [0.25, 0.3) is 0 Å². The number of rotatable bonds is 5. The second-order valence-electron chi connectivity index (χ2n) is 3.45. The molecule has 2 nitrogen and oxygen atoms in total. The highest BCUT2D eigenvalue weighted by atomic mass is 16.5. The highest BCUT2D eigenvalue weighted by molar-refractivity contribution is 4.82. The zero-order chi connectivity index (χ0) is 8.91. The molecule has 1 atom stereocenters. The molecule has 0 aliphatic carbocycles. The van der Waals surface area contributed by atoms with Crippen LogP contribution in [0.2, 0.25) is 0 Å². The molecule has 0 spiro atoms. The van der Waals surface area contributed by atoms with Crippen LogP contribution in [0.15, 0.2) is 0 Å². The summed E-state index contributed by atoms with van der Waals surface area (Å²) in [7, 11) is 1.62. The highest BCUT2D eigenvalue weighted by Gasteiger charge is 2.19. The molecule has 0 bridgehead atoms. The molecule has 1 unspecified atom stereocenters. The Hall–Kier alpha value is -0.0800. The Bertz CT molecular complexity index is 104. The first-order chi connectivity index (χ1) is 5.06. The van der Waals surface area contributed by atoms with Gasteiger partial charge in [-0.25, -0.2) is 0 Å². The van der Waals surface area contributed by atoms with Crippen LogP contribution in [0.25, 0.3) is 0 Å². The zero-order valence-electron chi connectivity index (χ0n) is 8.18. The lowest BCUT2D eigenvalue weighted by Crippen LogP contribution is -2.39. The summed E-state index contributed by atoms with van der Waals surface area (Å²) in [5.74, 6) is 0. The van der Waals surface area contributed by atoms with Crippen molar-refractivity contribution in [3.63, 3.8) is 0 Å². The lowest BCUT2D eigenvalue weighted by atomic mass is 9.92. The van der Waals surface area contributed by atoms with E-state index in [1.165, 1.54) is 6.42 Å². The molecule has 0 radical (unpaired) electrons. The normalized spacial score (nSPS) is 16.9. The molecule has 68 valence electrons. The summed E-state index contributed by atoms with van der Waals surface area (Å²) in [5.41, 5.74) is -0.129. The van der Waals surface area contributed by atoms with Crippen molar-refractivity contribution < 1.29 is 0 Å². The summed E-state index contributed by atoms with van der Waals surface area (Å²) in [6, 6.07) is 0. The van der Waals surface area contributed by atoms with Crippen LogP contribution in [-0.2, 0) is 0 Å². The Labute approximate surface area is 70.2 Å². The van der Waals surface area contributed by atoms with E-state index in [1.807, 2.05) is 6.92 Å². The van der Waals surface area contributed by atoms with Gasteiger partial charge in [-0.05, 0) is 26.8 Å². The van der Waals surface area contributed by atoms with Crippen LogP contribution in [0.3, 0.4) is 0 Å². The minimum atomic E-state index is -0.129. The molecule has 0 saturated heterocycles. The van der Waals surface area contributed by atoms with E-state index in [4.69, 9.17) is 0 Å². The van der Waals surface area contributed by atoms with Gasteiger partial charge in [-0.3, -0.25) is 0 Å². The van der Waals surface area contributed by atoms with Gasteiger partial charge in [0, 0.05) is 5.54 Å². The third-order valence-electron chi connectivity index (χ3n) is 2.59. The number of nitrogens with zero attached hydrogens (tertiary/aromatic N) is 1. The minimum Gasteiger partial charge on any atom is -0.785 e. The van der Waals surface area contributed by atoms with Crippen molar-refractivity contribution >= 4 is 0 Å². The maximum absolute atomic E-state index is 11.1. The predicted molar refractivity (Wildman–Crippen MR) is 49.4 cm³/mol. The maximum atomic E-state index is 11.1. The highest BCUT2D eigenvalue weighted by Crippen LogP contribution is 2.23. The van der Waals surface area contributed by atoms with Crippen LogP contribution >= 0.6 is 0 Å². The first-order valence-corrected chi connectivity index (χ1v) is 4.47. The monoisotopic (exact) mass is 158 g/mol. The first-order valence-electron chi connectivity index (χ1n) is 4.47. The number of unbranched alkanes of at least 4 members (excludes halogenated alkanes) is 1. The summed E-state index contributed by atoms with van der Waals surface area (Å²) >= 11 is 0. The molecule has 0 rings (SSSR count). The van der Waals surface area contributed by atoms with Crippen molar-refractivity contribution in [1.29, 1.82) is 0 Å². The van der Waals surface area contributed by atoms with Crippen LogP contribution in [0.4, 0.5) is 0 Å². The molecular weight excluding hydrogens is 138 g/mol. The lowest BCUT2D eigenvalue weighted by molar-refractivity contribution is 0.175. The predicted octanol–water partition coefficient (Wildman–Crippen LogP) is 2.77. The van der Waals surface area contributed by atoms with E-state index in [-0.39, 0.29) is 5.54 Å². The van der Waals surface area contributed by atoms with Gasteiger partial charge in [0.15, 0.2) is 0 Å². The Balaban J connectivity index is 3.88. The van der Waals surface area contributed by atoms with Crippen LogP contribution in [0.5, 0.6) is 0 Å². The average molecular weight is 158 g/mol. The lowest BCUT2D eigenvalue weighted by Gasteiger charge is -2.43. The SMILES string of the molecule is CCCCC(C)(CC)N(C)[O-]. The van der Waals surface area contributed by atoms with Crippen LogP contribution in [0.1, 0.15) is 46.5 Å². The molecular formula is C9H20NO-. The molecule has 0 aromatic rings. The zero-order valence-corrected chi connectivity index (χ0v) is 8.18. The summed E-state index contributed by atoms with van der Waals surface area (Å²) in [6.07, 6.45) is 4.27. The Morgan fingerprint density at radius 3 is 2.18 bits per heavy atom. The summed E-state index contributed by atoms with van der Waals surface area (Å²) in [6.45, 7) is 6.26. The fraction of sp³-hybridized carbons (Fsp3) is 1.00. The number of hydroxylamine groups is 2. The van der Waals surface area contributed by atoms with Crippen molar-refractivity contribution in [3.8, 4) is 0 Å². The molecule has 0 heterocycles. The van der Waals surface area contributed by atoms with Crippen molar-refractivity contribution in [2.75, 3.05) is 7.05 Å². The van der Waals surface area contributed by atoms with Gasteiger partial charge in [0.2, 0.25) is 0 Å². The summed E-state index contributed by atoms with van der Waals surface area (Å²) in [5, 5.41) is 12.2.